The number of rotatable bonds is 4. The molecule has 1 amide bonds. The molecule has 0 spiro atoms. The number of aromatic nitrogens is 4. The first-order valence-corrected chi connectivity index (χ1v) is 12.7. The number of thiophene rings is 1. The molecular formula is C23H22N6O2S2. The first-order valence-electron chi connectivity index (χ1n) is 10.9. The number of carbonyl (C=O) groups excluding carboxylic acids is 1. The van der Waals surface area contributed by atoms with Crippen molar-refractivity contribution >= 4 is 33.7 Å². The molecular weight excluding hydrogens is 456 g/mol. The van der Waals surface area contributed by atoms with E-state index in [9.17, 15) is 4.79 Å². The van der Waals surface area contributed by atoms with Crippen LogP contribution in [0.15, 0.2) is 47.2 Å². The smallest absolute Gasteiger partial charge is 0.254 e. The number of hydrogen-bond donors (Lipinski definition) is 0. The van der Waals surface area contributed by atoms with Crippen molar-refractivity contribution in [1.29, 1.82) is 0 Å². The lowest BCUT2D eigenvalue weighted by atomic mass is 10.1. The fourth-order valence-electron chi connectivity index (χ4n) is 4.19. The molecule has 0 atom stereocenters. The Hall–Kier alpha value is -3.08. The van der Waals surface area contributed by atoms with Gasteiger partial charge >= 0.3 is 0 Å². The minimum atomic E-state index is 0.0202. The molecule has 0 unspecified atom stereocenters. The summed E-state index contributed by atoms with van der Waals surface area (Å²) in [7, 11) is 0. The van der Waals surface area contributed by atoms with Crippen molar-refractivity contribution in [2.45, 2.75) is 13.1 Å². The van der Waals surface area contributed by atoms with Crippen LogP contribution in [0, 0.1) is 0 Å². The average molecular weight is 479 g/mol. The summed E-state index contributed by atoms with van der Waals surface area (Å²) in [6, 6.07) is 12.0. The molecule has 0 bridgehead atoms. The maximum Gasteiger partial charge on any atom is 0.254 e. The van der Waals surface area contributed by atoms with E-state index in [0.717, 1.165) is 54.3 Å². The van der Waals surface area contributed by atoms with Gasteiger partial charge in [-0.25, -0.2) is 4.98 Å². The number of anilines is 1. The summed E-state index contributed by atoms with van der Waals surface area (Å²) >= 11 is 3.32. The largest absolute Gasteiger partial charge is 0.378 e. The standard InChI is InChI=1S/C23H22N6O2S2/c30-22(17-5-3-16(4-6-17)19-2-1-13-32-19)28-7-8-29-20(14-28)25-26-21(29)18-15-33-23(24-18)27-9-11-31-12-10-27/h1-6,13,15H,7-12,14H2. The van der Waals surface area contributed by atoms with Crippen LogP contribution in [0.2, 0.25) is 0 Å². The minimum absolute atomic E-state index is 0.0202. The summed E-state index contributed by atoms with van der Waals surface area (Å²) in [5, 5.41) is 13.9. The van der Waals surface area contributed by atoms with Crippen molar-refractivity contribution in [1.82, 2.24) is 24.6 Å². The molecule has 33 heavy (non-hydrogen) atoms. The molecule has 8 nitrogen and oxygen atoms in total. The van der Waals surface area contributed by atoms with E-state index in [0.29, 0.717) is 25.2 Å². The predicted molar refractivity (Wildman–Crippen MR) is 129 cm³/mol. The monoisotopic (exact) mass is 478 g/mol. The van der Waals surface area contributed by atoms with Gasteiger partial charge in [0.1, 0.15) is 5.69 Å². The lowest BCUT2D eigenvalue weighted by molar-refractivity contribution is 0.0708. The zero-order valence-corrected chi connectivity index (χ0v) is 19.5. The average Bonchev–Trinajstić information content (AvgIpc) is 3.64. The van der Waals surface area contributed by atoms with Crippen molar-refractivity contribution < 1.29 is 9.53 Å². The lowest BCUT2D eigenvalue weighted by Crippen LogP contribution is -2.38. The third kappa shape index (κ3) is 3.94. The van der Waals surface area contributed by atoms with E-state index in [1.54, 1.807) is 22.7 Å². The van der Waals surface area contributed by atoms with Crippen LogP contribution in [0.1, 0.15) is 16.2 Å². The summed E-state index contributed by atoms with van der Waals surface area (Å²) in [6.07, 6.45) is 0. The first-order chi connectivity index (χ1) is 16.3. The summed E-state index contributed by atoms with van der Waals surface area (Å²) in [5.41, 5.74) is 2.66. The van der Waals surface area contributed by atoms with Crippen LogP contribution in [-0.4, -0.2) is 63.4 Å². The summed E-state index contributed by atoms with van der Waals surface area (Å²) in [4.78, 5) is 23.2. The molecule has 1 saturated heterocycles. The second-order valence-corrected chi connectivity index (χ2v) is 9.77. The zero-order chi connectivity index (χ0) is 22.2. The van der Waals surface area contributed by atoms with Gasteiger partial charge in [0, 0.05) is 42.0 Å². The summed E-state index contributed by atoms with van der Waals surface area (Å²) in [6.45, 7) is 4.89. The minimum Gasteiger partial charge on any atom is -0.378 e. The van der Waals surface area contributed by atoms with E-state index in [1.165, 1.54) is 4.88 Å². The first kappa shape index (κ1) is 20.5. The fraction of sp³-hybridized carbons (Fsp3) is 0.304. The van der Waals surface area contributed by atoms with Crippen molar-refractivity contribution in [3.63, 3.8) is 0 Å². The Kier molecular flexibility index (Phi) is 5.41. The maximum atomic E-state index is 13.1. The molecule has 2 aliphatic heterocycles. The highest BCUT2D eigenvalue weighted by Gasteiger charge is 2.27. The quantitative estimate of drug-likeness (QED) is 0.446. The van der Waals surface area contributed by atoms with Crippen LogP contribution in [-0.2, 0) is 17.8 Å². The van der Waals surface area contributed by atoms with Gasteiger partial charge in [-0.1, -0.05) is 18.2 Å². The normalized spacial score (nSPS) is 16.1. The number of thiazole rings is 1. The van der Waals surface area contributed by atoms with E-state index in [2.05, 4.69) is 31.1 Å². The van der Waals surface area contributed by atoms with E-state index in [1.807, 2.05) is 40.6 Å². The molecule has 1 fully saturated rings. The van der Waals surface area contributed by atoms with Crippen molar-refractivity contribution in [2.75, 3.05) is 37.7 Å². The van der Waals surface area contributed by atoms with Crippen LogP contribution in [0.25, 0.3) is 22.0 Å². The molecule has 1 aromatic carbocycles. The Balaban J connectivity index is 1.17. The van der Waals surface area contributed by atoms with Gasteiger partial charge in [0.2, 0.25) is 0 Å². The maximum absolute atomic E-state index is 13.1. The molecule has 10 heteroatoms. The second kappa shape index (κ2) is 8.69. The predicted octanol–water partition coefficient (Wildman–Crippen LogP) is 3.62. The number of morpholine rings is 1. The molecule has 168 valence electrons. The van der Waals surface area contributed by atoms with Gasteiger partial charge in [0.05, 0.1) is 19.8 Å². The molecule has 3 aromatic heterocycles. The molecule has 0 radical (unpaired) electrons. The van der Waals surface area contributed by atoms with E-state index in [-0.39, 0.29) is 5.91 Å². The second-order valence-electron chi connectivity index (χ2n) is 7.99. The third-order valence-corrected chi connectivity index (χ3v) is 7.80. The Morgan fingerprint density at radius 2 is 1.82 bits per heavy atom. The molecule has 4 aromatic rings. The Bertz CT molecular complexity index is 1260. The molecule has 0 N–H and O–H groups in total. The van der Waals surface area contributed by atoms with Gasteiger partial charge in [-0.3, -0.25) is 4.79 Å². The number of fused-ring (bicyclic) bond motifs is 1. The van der Waals surface area contributed by atoms with Gasteiger partial charge in [-0.15, -0.1) is 32.9 Å². The third-order valence-electron chi connectivity index (χ3n) is 5.98. The SMILES string of the molecule is O=C(c1ccc(-c2cccs2)cc1)N1CCn2c(nnc2-c2csc(N3CCOCC3)n2)C1. The molecule has 6 rings (SSSR count). The van der Waals surface area contributed by atoms with Crippen LogP contribution >= 0.6 is 22.7 Å². The van der Waals surface area contributed by atoms with E-state index < -0.39 is 0 Å². The van der Waals surface area contributed by atoms with Crippen molar-refractivity contribution in [3.8, 4) is 22.0 Å². The summed E-state index contributed by atoms with van der Waals surface area (Å²) < 4.78 is 7.52. The van der Waals surface area contributed by atoms with Gasteiger partial charge in [-0.05, 0) is 29.1 Å². The Morgan fingerprint density at radius 1 is 0.970 bits per heavy atom. The highest BCUT2D eigenvalue weighted by atomic mass is 32.1. The molecule has 0 aliphatic carbocycles. The lowest BCUT2D eigenvalue weighted by Gasteiger charge is -2.28. The van der Waals surface area contributed by atoms with Gasteiger partial charge < -0.3 is 19.1 Å². The van der Waals surface area contributed by atoms with E-state index >= 15 is 0 Å². The Labute approximate surface area is 199 Å². The van der Waals surface area contributed by atoms with Crippen molar-refractivity contribution in [3.05, 3.63) is 58.5 Å². The highest BCUT2D eigenvalue weighted by molar-refractivity contribution is 7.14. The number of amides is 1. The number of carbonyl (C=O) groups is 1. The fourth-order valence-corrected chi connectivity index (χ4v) is 5.78. The van der Waals surface area contributed by atoms with Crippen LogP contribution in [0.4, 0.5) is 5.13 Å². The van der Waals surface area contributed by atoms with Crippen LogP contribution in [0.5, 0.6) is 0 Å². The number of benzene rings is 1. The van der Waals surface area contributed by atoms with Gasteiger partial charge in [0.25, 0.3) is 5.91 Å². The summed E-state index contributed by atoms with van der Waals surface area (Å²) in [5.74, 6) is 1.58. The number of ether oxygens (including phenoxy) is 1. The van der Waals surface area contributed by atoms with Crippen LogP contribution < -0.4 is 4.90 Å². The Morgan fingerprint density at radius 3 is 2.61 bits per heavy atom. The van der Waals surface area contributed by atoms with Gasteiger partial charge in [-0.2, -0.15) is 0 Å². The highest BCUT2D eigenvalue weighted by Crippen LogP contribution is 2.29. The van der Waals surface area contributed by atoms with Gasteiger partial charge in [0.15, 0.2) is 16.8 Å². The van der Waals surface area contributed by atoms with Crippen LogP contribution in [0.3, 0.4) is 0 Å². The molecule has 2 aliphatic rings. The number of nitrogens with zero attached hydrogens (tertiary/aromatic N) is 6. The zero-order valence-electron chi connectivity index (χ0n) is 17.9. The number of hydrogen-bond acceptors (Lipinski definition) is 8. The molecule has 0 saturated carbocycles. The topological polar surface area (TPSA) is 76.4 Å². The molecule has 5 heterocycles. The van der Waals surface area contributed by atoms with E-state index in [4.69, 9.17) is 9.72 Å². The van der Waals surface area contributed by atoms with Crippen molar-refractivity contribution in [2.24, 2.45) is 0 Å².